The molecule has 32 heavy (non-hydrogen) atoms. The predicted molar refractivity (Wildman–Crippen MR) is 125 cm³/mol. The number of aliphatic carboxylic acids is 1. The summed E-state index contributed by atoms with van der Waals surface area (Å²) < 4.78 is 0. The molecule has 0 saturated heterocycles. The van der Waals surface area contributed by atoms with E-state index in [2.05, 4.69) is 16.0 Å². The van der Waals surface area contributed by atoms with Crippen LogP contribution in [0.3, 0.4) is 0 Å². The van der Waals surface area contributed by atoms with Gasteiger partial charge in [0.15, 0.2) is 5.96 Å². The Bertz CT molecular complexity index is 965. The Hall–Kier alpha value is -3.53. The molecule has 2 aromatic carbocycles. The van der Waals surface area contributed by atoms with E-state index in [-0.39, 0.29) is 18.9 Å². The molecule has 0 aliphatic rings. The molecule has 1 unspecified atom stereocenters. The number of nitrogens with one attached hydrogen (secondary N) is 4. The standard InChI is InChI=1S/C22H27N5O4S/c1-14-5-7-18(8-6-14)32-10-9-17(12-20(29)30)26-19(28)13-25-21(31)15-3-2-4-16(11-15)27-22(23)24/h2-8,11,17H,9-10,12-13H2,1H3,(H,25,31)(H,26,28)(H,29,30)(H4,23,24,27). The topological polar surface area (TPSA) is 157 Å². The number of carbonyl (C=O) groups excluding carboxylic acids is 2. The van der Waals surface area contributed by atoms with Gasteiger partial charge in [0.1, 0.15) is 0 Å². The maximum Gasteiger partial charge on any atom is 0.305 e. The normalized spacial score (nSPS) is 11.3. The van der Waals surface area contributed by atoms with E-state index in [0.717, 1.165) is 10.5 Å². The first-order chi connectivity index (χ1) is 15.2. The number of anilines is 1. The number of hydrogen-bond acceptors (Lipinski definition) is 5. The maximum atomic E-state index is 12.3. The van der Waals surface area contributed by atoms with E-state index in [0.29, 0.717) is 23.4 Å². The summed E-state index contributed by atoms with van der Waals surface area (Å²) in [5, 5.41) is 24.2. The quantitative estimate of drug-likeness (QED) is 0.171. The van der Waals surface area contributed by atoms with E-state index < -0.39 is 23.8 Å². The van der Waals surface area contributed by atoms with Crippen LogP contribution in [0.25, 0.3) is 0 Å². The summed E-state index contributed by atoms with van der Waals surface area (Å²) in [6, 6.07) is 13.8. The second-order valence-corrected chi connectivity index (χ2v) is 8.28. The largest absolute Gasteiger partial charge is 0.481 e. The molecule has 2 rings (SSSR count). The van der Waals surface area contributed by atoms with Gasteiger partial charge in [0.2, 0.25) is 5.91 Å². The van der Waals surface area contributed by atoms with Crippen LogP contribution >= 0.6 is 11.8 Å². The van der Waals surface area contributed by atoms with Crippen LogP contribution in [0.15, 0.2) is 53.4 Å². The molecule has 7 N–H and O–H groups in total. The van der Waals surface area contributed by atoms with Gasteiger partial charge in [-0.05, 0) is 49.4 Å². The highest BCUT2D eigenvalue weighted by molar-refractivity contribution is 7.99. The van der Waals surface area contributed by atoms with Gasteiger partial charge < -0.3 is 26.8 Å². The minimum absolute atomic E-state index is 0.201. The van der Waals surface area contributed by atoms with Gasteiger partial charge in [-0.3, -0.25) is 19.8 Å². The number of carboxylic acids is 1. The van der Waals surface area contributed by atoms with Crippen molar-refractivity contribution in [2.75, 3.05) is 17.6 Å². The second kappa shape index (κ2) is 12.4. The molecule has 0 radical (unpaired) electrons. The van der Waals surface area contributed by atoms with Gasteiger partial charge in [-0.1, -0.05) is 23.8 Å². The van der Waals surface area contributed by atoms with Gasteiger partial charge in [-0.25, -0.2) is 0 Å². The molecule has 10 heteroatoms. The van der Waals surface area contributed by atoms with Crippen molar-refractivity contribution in [3.05, 3.63) is 59.7 Å². The highest BCUT2D eigenvalue weighted by atomic mass is 32.2. The molecule has 0 fully saturated rings. The molecule has 0 saturated carbocycles. The van der Waals surface area contributed by atoms with Crippen molar-refractivity contribution in [3.63, 3.8) is 0 Å². The molecule has 1 atom stereocenters. The number of carbonyl (C=O) groups is 3. The third-order valence-corrected chi connectivity index (χ3v) is 5.40. The molecule has 2 amide bonds. The number of hydrogen-bond donors (Lipinski definition) is 6. The third kappa shape index (κ3) is 9.09. The highest BCUT2D eigenvalue weighted by Gasteiger charge is 2.17. The van der Waals surface area contributed by atoms with Gasteiger partial charge in [-0.15, -0.1) is 11.8 Å². The highest BCUT2D eigenvalue weighted by Crippen LogP contribution is 2.20. The van der Waals surface area contributed by atoms with Crippen LogP contribution < -0.4 is 21.7 Å². The molecule has 0 aromatic heterocycles. The fraction of sp³-hybridized carbons (Fsp3) is 0.273. The number of carboxylic acid groups (broad SMARTS) is 1. The fourth-order valence-electron chi connectivity index (χ4n) is 2.82. The molecule has 9 nitrogen and oxygen atoms in total. The van der Waals surface area contributed by atoms with Crippen LogP contribution in [-0.4, -0.2) is 47.2 Å². The molecule has 0 spiro atoms. The number of aryl methyl sites for hydroxylation is 1. The Labute approximate surface area is 190 Å². The molecular formula is C22H27N5O4S. The number of nitrogens with two attached hydrogens (primary N) is 1. The monoisotopic (exact) mass is 457 g/mol. The average molecular weight is 458 g/mol. The Balaban J connectivity index is 1.84. The number of guanidine groups is 1. The summed E-state index contributed by atoms with van der Waals surface area (Å²) in [7, 11) is 0. The van der Waals surface area contributed by atoms with Crippen LogP contribution in [0, 0.1) is 12.3 Å². The first-order valence-corrected chi connectivity index (χ1v) is 10.9. The van der Waals surface area contributed by atoms with Gasteiger partial charge >= 0.3 is 5.97 Å². The van der Waals surface area contributed by atoms with Crippen LogP contribution in [0.4, 0.5) is 5.69 Å². The number of amides is 2. The average Bonchev–Trinajstić information content (AvgIpc) is 2.72. The Morgan fingerprint density at radius 3 is 2.53 bits per heavy atom. The van der Waals surface area contributed by atoms with Gasteiger partial charge in [0, 0.05) is 22.2 Å². The van der Waals surface area contributed by atoms with Crippen molar-refractivity contribution in [2.24, 2.45) is 5.73 Å². The summed E-state index contributed by atoms with van der Waals surface area (Å²) in [5.41, 5.74) is 7.21. The smallest absolute Gasteiger partial charge is 0.305 e. The van der Waals surface area contributed by atoms with E-state index in [1.807, 2.05) is 31.2 Å². The molecule has 0 heterocycles. The summed E-state index contributed by atoms with van der Waals surface area (Å²) in [5.74, 6) is -1.56. The van der Waals surface area contributed by atoms with Crippen LogP contribution in [-0.2, 0) is 9.59 Å². The van der Waals surface area contributed by atoms with Crippen molar-refractivity contribution in [1.82, 2.24) is 10.6 Å². The molecule has 0 aliphatic heterocycles. The van der Waals surface area contributed by atoms with Crippen LogP contribution in [0.5, 0.6) is 0 Å². The lowest BCUT2D eigenvalue weighted by molar-refractivity contribution is -0.137. The van der Waals surface area contributed by atoms with Crippen LogP contribution in [0.1, 0.15) is 28.8 Å². The zero-order chi connectivity index (χ0) is 23.5. The molecule has 0 aliphatic carbocycles. The summed E-state index contributed by atoms with van der Waals surface area (Å²) >= 11 is 1.59. The van der Waals surface area contributed by atoms with Gasteiger partial charge in [0.05, 0.1) is 13.0 Å². The minimum Gasteiger partial charge on any atom is -0.481 e. The SMILES string of the molecule is Cc1ccc(SCCC(CC(=O)O)NC(=O)CNC(=O)c2cccc(NC(=N)N)c2)cc1. The second-order valence-electron chi connectivity index (χ2n) is 7.11. The summed E-state index contributed by atoms with van der Waals surface area (Å²) in [6.45, 7) is 1.72. The van der Waals surface area contributed by atoms with Crippen molar-refractivity contribution < 1.29 is 19.5 Å². The summed E-state index contributed by atoms with van der Waals surface area (Å²) in [6.07, 6.45) is 0.274. The van der Waals surface area contributed by atoms with Crippen molar-refractivity contribution in [1.29, 1.82) is 5.41 Å². The van der Waals surface area contributed by atoms with Crippen molar-refractivity contribution >= 4 is 41.2 Å². The van der Waals surface area contributed by atoms with Crippen molar-refractivity contribution in [2.45, 2.75) is 30.7 Å². The third-order valence-electron chi connectivity index (χ3n) is 4.36. The van der Waals surface area contributed by atoms with Gasteiger partial charge in [-0.2, -0.15) is 0 Å². The zero-order valence-electron chi connectivity index (χ0n) is 17.7. The minimum atomic E-state index is -1.01. The van der Waals surface area contributed by atoms with E-state index in [1.54, 1.807) is 30.0 Å². The zero-order valence-corrected chi connectivity index (χ0v) is 18.5. The van der Waals surface area contributed by atoms with E-state index in [1.165, 1.54) is 6.07 Å². The van der Waals surface area contributed by atoms with E-state index in [9.17, 15) is 14.4 Å². The lowest BCUT2D eigenvalue weighted by Gasteiger charge is -2.17. The fourth-order valence-corrected chi connectivity index (χ4v) is 3.79. The predicted octanol–water partition coefficient (Wildman–Crippen LogP) is 2.17. The lowest BCUT2D eigenvalue weighted by Crippen LogP contribution is -2.43. The Morgan fingerprint density at radius 1 is 1.16 bits per heavy atom. The van der Waals surface area contributed by atoms with E-state index in [4.69, 9.17) is 16.2 Å². The molecule has 170 valence electrons. The first-order valence-electron chi connectivity index (χ1n) is 9.93. The molecule has 2 aromatic rings. The molecular weight excluding hydrogens is 430 g/mol. The molecule has 0 bridgehead atoms. The first kappa shape index (κ1) is 24.7. The van der Waals surface area contributed by atoms with E-state index >= 15 is 0 Å². The van der Waals surface area contributed by atoms with Crippen LogP contribution in [0.2, 0.25) is 0 Å². The number of thioether (sulfide) groups is 1. The Morgan fingerprint density at radius 2 is 1.88 bits per heavy atom. The summed E-state index contributed by atoms with van der Waals surface area (Å²) in [4.78, 5) is 36.8. The van der Waals surface area contributed by atoms with Crippen molar-refractivity contribution in [3.8, 4) is 0 Å². The Kier molecular flexibility index (Phi) is 9.55. The number of benzene rings is 2. The lowest BCUT2D eigenvalue weighted by atomic mass is 10.1. The maximum absolute atomic E-state index is 12.3. The van der Waals surface area contributed by atoms with Gasteiger partial charge in [0.25, 0.3) is 5.91 Å². The number of rotatable bonds is 11.